The fourth-order valence-corrected chi connectivity index (χ4v) is 4.59. The molecule has 2 heterocycles. The van der Waals surface area contributed by atoms with Crippen molar-refractivity contribution >= 4 is 33.0 Å². The number of ether oxygens (including phenoxy) is 1. The highest BCUT2D eigenvalue weighted by Gasteiger charge is 2.22. The van der Waals surface area contributed by atoms with Gasteiger partial charge in [-0.05, 0) is 38.1 Å². The molecule has 192 valence electrons. The highest BCUT2D eigenvalue weighted by molar-refractivity contribution is 7.90. The van der Waals surface area contributed by atoms with Gasteiger partial charge in [0.1, 0.15) is 15.6 Å². The highest BCUT2D eigenvalue weighted by Crippen LogP contribution is 2.36. The molecule has 0 aliphatic heterocycles. The third kappa shape index (κ3) is 6.10. The van der Waals surface area contributed by atoms with Crippen LogP contribution in [-0.2, 0) is 22.8 Å². The van der Waals surface area contributed by atoms with Gasteiger partial charge in [-0.2, -0.15) is 10.4 Å². The number of halogens is 3. The number of nitriles is 1. The van der Waals surface area contributed by atoms with E-state index in [4.69, 9.17) is 37.6 Å². The van der Waals surface area contributed by atoms with Crippen LogP contribution in [0.15, 0.2) is 34.7 Å². The van der Waals surface area contributed by atoms with Crippen LogP contribution in [0.4, 0.5) is 4.39 Å². The molecular formula is C24H20Cl2FN5O4S. The summed E-state index contributed by atoms with van der Waals surface area (Å²) in [6.07, 6.45) is 1.11. The lowest BCUT2D eigenvalue weighted by Crippen LogP contribution is -2.13. The number of sulfone groups is 1. The molecule has 0 spiro atoms. The second-order valence-electron chi connectivity index (χ2n) is 8.32. The van der Waals surface area contributed by atoms with E-state index in [1.165, 1.54) is 30.3 Å². The van der Waals surface area contributed by atoms with Gasteiger partial charge < -0.3 is 9.15 Å². The van der Waals surface area contributed by atoms with E-state index in [1.807, 2.05) is 6.07 Å². The van der Waals surface area contributed by atoms with E-state index in [2.05, 4.69) is 15.3 Å². The maximum atomic E-state index is 15.4. The Balaban J connectivity index is 1.59. The molecule has 0 unspecified atom stereocenters. The normalized spacial score (nSPS) is 11.5. The Morgan fingerprint density at radius 3 is 2.65 bits per heavy atom. The van der Waals surface area contributed by atoms with E-state index in [9.17, 15) is 8.42 Å². The summed E-state index contributed by atoms with van der Waals surface area (Å²) >= 11 is 12.2. The summed E-state index contributed by atoms with van der Waals surface area (Å²) in [6.45, 7) is 3.71. The van der Waals surface area contributed by atoms with Crippen molar-refractivity contribution in [3.63, 3.8) is 0 Å². The average Bonchev–Trinajstić information content (AvgIpc) is 3.39. The molecule has 4 aromatic rings. The second-order valence-corrected chi connectivity index (χ2v) is 11.4. The van der Waals surface area contributed by atoms with E-state index in [-0.39, 0.29) is 63.2 Å². The monoisotopic (exact) mass is 563 g/mol. The van der Waals surface area contributed by atoms with Gasteiger partial charge in [-0.1, -0.05) is 29.3 Å². The molecule has 0 saturated heterocycles. The van der Waals surface area contributed by atoms with Crippen LogP contribution in [0.1, 0.15) is 28.4 Å². The van der Waals surface area contributed by atoms with Crippen molar-refractivity contribution in [3.05, 3.63) is 74.6 Å². The minimum Gasteiger partial charge on any atom is -0.453 e. The fourth-order valence-electron chi connectivity index (χ4n) is 3.67. The van der Waals surface area contributed by atoms with Crippen LogP contribution in [0.2, 0.25) is 10.0 Å². The van der Waals surface area contributed by atoms with Crippen molar-refractivity contribution in [3.8, 4) is 29.0 Å². The number of aryl methyl sites for hydroxylation is 2. The summed E-state index contributed by atoms with van der Waals surface area (Å²) in [7, 11) is -3.16. The first-order chi connectivity index (χ1) is 17.4. The van der Waals surface area contributed by atoms with E-state index in [0.717, 1.165) is 6.26 Å². The van der Waals surface area contributed by atoms with Gasteiger partial charge >= 0.3 is 0 Å². The fraction of sp³-hybridized carbons (Fsp3) is 0.250. The van der Waals surface area contributed by atoms with Crippen LogP contribution >= 0.6 is 23.2 Å². The van der Waals surface area contributed by atoms with E-state index in [1.54, 1.807) is 18.5 Å². The minimum atomic E-state index is -3.16. The molecule has 37 heavy (non-hydrogen) atoms. The van der Waals surface area contributed by atoms with Crippen molar-refractivity contribution in [2.45, 2.75) is 26.8 Å². The number of aromatic nitrogens is 4. The molecule has 0 atom stereocenters. The number of rotatable bonds is 8. The van der Waals surface area contributed by atoms with Gasteiger partial charge in [0, 0.05) is 22.5 Å². The molecule has 0 aliphatic rings. The van der Waals surface area contributed by atoms with Gasteiger partial charge in [-0.25, -0.2) is 12.8 Å². The van der Waals surface area contributed by atoms with E-state index in [0.29, 0.717) is 17.0 Å². The molecule has 4 rings (SSSR count). The van der Waals surface area contributed by atoms with Crippen LogP contribution in [0.25, 0.3) is 11.5 Å². The number of hydrogen-bond donors (Lipinski definition) is 0. The van der Waals surface area contributed by atoms with Crippen molar-refractivity contribution in [2.24, 2.45) is 0 Å². The quantitative estimate of drug-likeness (QED) is 0.283. The Labute approximate surface area is 222 Å². The second kappa shape index (κ2) is 10.5. The summed E-state index contributed by atoms with van der Waals surface area (Å²) in [4.78, 5) is 0. The van der Waals surface area contributed by atoms with Gasteiger partial charge in [-0.3, -0.25) is 4.68 Å². The Kier molecular flexibility index (Phi) is 7.54. The lowest BCUT2D eigenvalue weighted by Gasteiger charge is -2.11. The van der Waals surface area contributed by atoms with Crippen molar-refractivity contribution in [1.82, 2.24) is 20.0 Å². The van der Waals surface area contributed by atoms with Crippen molar-refractivity contribution in [1.29, 1.82) is 5.26 Å². The highest BCUT2D eigenvalue weighted by atomic mass is 35.5. The lowest BCUT2D eigenvalue weighted by molar-refractivity contribution is 0.437. The molecule has 13 heteroatoms. The molecule has 0 aliphatic carbocycles. The lowest BCUT2D eigenvalue weighted by atomic mass is 10.1. The van der Waals surface area contributed by atoms with Gasteiger partial charge in [-0.15, -0.1) is 10.2 Å². The molecule has 9 nitrogen and oxygen atoms in total. The van der Waals surface area contributed by atoms with Crippen LogP contribution in [0.3, 0.4) is 0 Å². The van der Waals surface area contributed by atoms with Crippen LogP contribution in [0.5, 0.6) is 11.5 Å². The molecule has 0 N–H and O–H groups in total. The maximum absolute atomic E-state index is 15.4. The van der Waals surface area contributed by atoms with E-state index >= 15 is 4.39 Å². The minimum absolute atomic E-state index is 0.0266. The molecule has 0 bridgehead atoms. The Hall–Kier alpha value is -3.46. The largest absolute Gasteiger partial charge is 0.453 e. The summed E-state index contributed by atoms with van der Waals surface area (Å²) in [5.74, 6) is -0.545. The van der Waals surface area contributed by atoms with Gasteiger partial charge in [0.15, 0.2) is 11.6 Å². The van der Waals surface area contributed by atoms with Gasteiger partial charge in [0.2, 0.25) is 5.89 Å². The third-order valence-electron chi connectivity index (χ3n) is 5.43. The molecule has 0 radical (unpaired) electrons. The van der Waals surface area contributed by atoms with Gasteiger partial charge in [0.05, 0.1) is 46.6 Å². The summed E-state index contributed by atoms with van der Waals surface area (Å²) < 4.78 is 51.4. The molecule has 2 aromatic carbocycles. The first kappa shape index (κ1) is 26.6. The summed E-state index contributed by atoms with van der Waals surface area (Å²) in [5.41, 5.74) is 2.28. The molecule has 0 amide bonds. The van der Waals surface area contributed by atoms with Crippen LogP contribution in [-0.4, -0.2) is 40.4 Å². The zero-order valence-electron chi connectivity index (χ0n) is 19.9. The number of benzene rings is 2. The maximum Gasteiger partial charge on any atom is 0.251 e. The SMILES string of the molecule is Cc1nn(CCS(C)(=O)=O)c(C)c1-c1nnc(Cc2ccc(Cl)c(Oc3cc(Cl)cc(C#N)c3)c2F)o1. The third-order valence-corrected chi connectivity index (χ3v) is 6.87. The van der Waals surface area contributed by atoms with Crippen molar-refractivity contribution < 1.29 is 22.0 Å². The molecular weight excluding hydrogens is 544 g/mol. The Morgan fingerprint density at radius 2 is 1.95 bits per heavy atom. The topological polar surface area (TPSA) is 124 Å². The zero-order valence-corrected chi connectivity index (χ0v) is 22.2. The number of hydrogen-bond acceptors (Lipinski definition) is 8. The smallest absolute Gasteiger partial charge is 0.251 e. The van der Waals surface area contributed by atoms with Crippen LogP contribution in [0, 0.1) is 31.0 Å². The number of nitrogens with zero attached hydrogens (tertiary/aromatic N) is 5. The molecule has 0 fully saturated rings. The predicted octanol–water partition coefficient (Wildman–Crippen LogP) is 5.30. The van der Waals surface area contributed by atoms with Crippen molar-refractivity contribution in [2.75, 3.05) is 12.0 Å². The zero-order chi connectivity index (χ0) is 26.9. The first-order valence-corrected chi connectivity index (χ1v) is 13.7. The molecule has 2 aromatic heterocycles. The Morgan fingerprint density at radius 1 is 1.19 bits per heavy atom. The van der Waals surface area contributed by atoms with Crippen LogP contribution < -0.4 is 4.74 Å². The predicted molar refractivity (Wildman–Crippen MR) is 135 cm³/mol. The Bertz CT molecular complexity index is 1640. The molecule has 0 saturated carbocycles. The first-order valence-electron chi connectivity index (χ1n) is 10.8. The van der Waals surface area contributed by atoms with E-state index < -0.39 is 15.7 Å². The summed E-state index contributed by atoms with van der Waals surface area (Å²) in [5, 5.41) is 21.9. The van der Waals surface area contributed by atoms with Gasteiger partial charge in [0.25, 0.3) is 5.89 Å². The summed E-state index contributed by atoms with van der Waals surface area (Å²) in [6, 6.07) is 9.22. The average molecular weight is 564 g/mol. The standard InChI is InChI=1S/C24H20Cl2FN5O4S/c1-13-21(14(2)32(31-13)6-7-37(3,33)34)24-30-29-20(36-24)10-16-4-5-19(26)23(22(16)27)35-18-9-15(12-28)8-17(25)11-18/h4-5,8-9,11H,6-7,10H2,1-3H3.